The zero-order chi connectivity index (χ0) is 29.2. The molecule has 1 atom stereocenters. The number of ether oxygens (including phenoxy) is 4. The lowest BCUT2D eigenvalue weighted by molar-refractivity contribution is 0.0615. The van der Waals surface area contributed by atoms with Gasteiger partial charge in [-0.05, 0) is 50.2 Å². The molecule has 1 N–H and O–H groups in total. The number of ketones is 1. The minimum atomic E-state index is -0.563. The normalized spacial score (nSPS) is 17.1. The van der Waals surface area contributed by atoms with Crippen molar-refractivity contribution in [3.8, 4) is 23.0 Å². The van der Waals surface area contributed by atoms with Gasteiger partial charge in [-0.1, -0.05) is 18.6 Å². The lowest BCUT2D eigenvalue weighted by Crippen LogP contribution is -2.49. The van der Waals surface area contributed by atoms with E-state index in [9.17, 15) is 14.7 Å². The first-order chi connectivity index (χ1) is 19.9. The second kappa shape index (κ2) is 15.0. The fraction of sp³-hybridized carbons (Fsp3) is 0.548. The van der Waals surface area contributed by atoms with Crippen molar-refractivity contribution in [2.45, 2.75) is 31.8 Å². The molecule has 41 heavy (non-hydrogen) atoms. The van der Waals surface area contributed by atoms with Crippen LogP contribution in [0, 0.1) is 0 Å². The predicted molar refractivity (Wildman–Crippen MR) is 156 cm³/mol. The molecular weight excluding hydrogens is 526 g/mol. The molecule has 2 aromatic carbocycles. The van der Waals surface area contributed by atoms with Crippen LogP contribution in [-0.4, -0.2) is 118 Å². The number of hydrogen-bond donors (Lipinski definition) is 1. The molecule has 1 unspecified atom stereocenters. The SMILES string of the molecule is COc1cc(C(=O)N2CCN(CCC(=O)c3cccc(OCC(O)CN4CCCCC4)c3)CC2)cc(OC)c1OC. The molecule has 0 spiro atoms. The van der Waals surface area contributed by atoms with E-state index in [2.05, 4.69) is 9.80 Å². The number of benzene rings is 2. The van der Waals surface area contributed by atoms with Crippen LogP contribution in [0.5, 0.6) is 23.0 Å². The number of amides is 1. The number of hydrogen-bond acceptors (Lipinski definition) is 9. The van der Waals surface area contributed by atoms with Gasteiger partial charge in [0.05, 0.1) is 21.3 Å². The van der Waals surface area contributed by atoms with E-state index in [0.717, 1.165) is 13.1 Å². The largest absolute Gasteiger partial charge is 0.493 e. The van der Waals surface area contributed by atoms with Crippen molar-refractivity contribution in [2.75, 3.05) is 80.3 Å². The van der Waals surface area contributed by atoms with Crippen LogP contribution in [-0.2, 0) is 0 Å². The van der Waals surface area contributed by atoms with Crippen LogP contribution in [0.1, 0.15) is 46.4 Å². The Morgan fingerprint density at radius 3 is 2.15 bits per heavy atom. The Bertz CT molecular complexity index is 1140. The van der Waals surface area contributed by atoms with Gasteiger partial charge in [-0.25, -0.2) is 0 Å². The molecule has 2 fully saturated rings. The first-order valence-corrected chi connectivity index (χ1v) is 14.4. The van der Waals surface area contributed by atoms with Gasteiger partial charge < -0.3 is 33.9 Å². The number of piperazine rings is 1. The average Bonchev–Trinajstić information content (AvgIpc) is 3.02. The van der Waals surface area contributed by atoms with Gasteiger partial charge in [0.1, 0.15) is 18.5 Å². The molecule has 10 nitrogen and oxygen atoms in total. The molecule has 2 aliphatic heterocycles. The summed E-state index contributed by atoms with van der Waals surface area (Å²) in [5.41, 5.74) is 1.08. The number of nitrogens with zero attached hydrogens (tertiary/aromatic N) is 3. The standard InChI is InChI=1S/C31H43N3O7/c1-38-28-19-24(20-29(39-2)30(28)40-3)31(37)34-16-14-32(15-17-34)13-10-27(36)23-8-7-9-26(18-23)41-22-25(35)21-33-11-5-4-6-12-33/h7-9,18-20,25,35H,4-6,10-17,21-22H2,1-3H3. The molecule has 0 aliphatic carbocycles. The molecule has 0 radical (unpaired) electrons. The average molecular weight is 570 g/mol. The van der Waals surface area contributed by atoms with Crippen molar-refractivity contribution in [2.24, 2.45) is 0 Å². The molecule has 1 amide bonds. The summed E-state index contributed by atoms with van der Waals surface area (Å²) in [6.07, 6.45) is 3.44. The summed E-state index contributed by atoms with van der Waals surface area (Å²) in [6, 6.07) is 10.5. The van der Waals surface area contributed by atoms with E-state index in [0.29, 0.717) is 79.8 Å². The smallest absolute Gasteiger partial charge is 0.254 e. The monoisotopic (exact) mass is 569 g/mol. The summed E-state index contributed by atoms with van der Waals surface area (Å²) in [6.45, 7) is 5.97. The van der Waals surface area contributed by atoms with Crippen molar-refractivity contribution in [3.63, 3.8) is 0 Å². The number of carbonyl (C=O) groups is 2. The maximum atomic E-state index is 13.2. The second-order valence-corrected chi connectivity index (χ2v) is 10.6. The maximum absolute atomic E-state index is 13.2. The lowest BCUT2D eigenvalue weighted by Gasteiger charge is -2.34. The summed E-state index contributed by atoms with van der Waals surface area (Å²) in [4.78, 5) is 32.4. The van der Waals surface area contributed by atoms with Gasteiger partial charge in [-0.15, -0.1) is 0 Å². The number of piperidine rings is 1. The van der Waals surface area contributed by atoms with Gasteiger partial charge in [0.2, 0.25) is 5.75 Å². The van der Waals surface area contributed by atoms with E-state index in [1.165, 1.54) is 40.6 Å². The van der Waals surface area contributed by atoms with Gasteiger partial charge in [0.25, 0.3) is 5.91 Å². The van der Waals surface area contributed by atoms with Crippen LogP contribution in [0.25, 0.3) is 0 Å². The summed E-state index contributed by atoms with van der Waals surface area (Å²) >= 11 is 0. The third-order valence-electron chi connectivity index (χ3n) is 7.74. The van der Waals surface area contributed by atoms with Gasteiger partial charge in [-0.3, -0.25) is 14.5 Å². The maximum Gasteiger partial charge on any atom is 0.254 e. The quantitative estimate of drug-likeness (QED) is 0.365. The molecule has 2 aliphatic rings. The van der Waals surface area contributed by atoms with E-state index in [1.807, 2.05) is 12.1 Å². The van der Waals surface area contributed by atoms with Crippen LogP contribution in [0.4, 0.5) is 0 Å². The number of carbonyl (C=O) groups excluding carboxylic acids is 2. The predicted octanol–water partition coefficient (Wildman–Crippen LogP) is 2.97. The number of Topliss-reactive ketones (excluding diaryl/α,β-unsaturated/α-hetero) is 1. The van der Waals surface area contributed by atoms with Crippen LogP contribution >= 0.6 is 0 Å². The molecule has 2 heterocycles. The van der Waals surface area contributed by atoms with Crippen LogP contribution in [0.15, 0.2) is 36.4 Å². The highest BCUT2D eigenvalue weighted by molar-refractivity contribution is 5.97. The third kappa shape index (κ3) is 8.34. The molecule has 10 heteroatoms. The van der Waals surface area contributed by atoms with Gasteiger partial charge >= 0.3 is 0 Å². The first kappa shape index (κ1) is 30.6. The summed E-state index contributed by atoms with van der Waals surface area (Å²) in [5, 5.41) is 10.4. The zero-order valence-corrected chi connectivity index (χ0v) is 24.5. The van der Waals surface area contributed by atoms with Crippen LogP contribution in [0.2, 0.25) is 0 Å². The highest BCUT2D eigenvalue weighted by atomic mass is 16.5. The van der Waals surface area contributed by atoms with E-state index < -0.39 is 6.10 Å². The van der Waals surface area contributed by atoms with Crippen molar-refractivity contribution in [1.82, 2.24) is 14.7 Å². The molecule has 0 aromatic heterocycles. The van der Waals surface area contributed by atoms with Crippen molar-refractivity contribution in [3.05, 3.63) is 47.5 Å². The number of rotatable bonds is 13. The third-order valence-corrected chi connectivity index (χ3v) is 7.74. The Labute approximate surface area is 242 Å². The van der Waals surface area contributed by atoms with E-state index in [-0.39, 0.29) is 18.3 Å². The zero-order valence-electron chi connectivity index (χ0n) is 24.5. The van der Waals surface area contributed by atoms with Gasteiger partial charge in [0, 0.05) is 56.8 Å². The summed E-state index contributed by atoms with van der Waals surface area (Å²) in [7, 11) is 4.58. The highest BCUT2D eigenvalue weighted by Crippen LogP contribution is 2.38. The van der Waals surface area contributed by atoms with Crippen LogP contribution < -0.4 is 18.9 Å². The topological polar surface area (TPSA) is 101 Å². The molecule has 224 valence electrons. The molecule has 0 saturated carbocycles. The Balaban J connectivity index is 1.22. The molecule has 0 bridgehead atoms. The molecule has 2 aromatic rings. The number of methoxy groups -OCH3 is 3. The molecule has 4 rings (SSSR count). The summed E-state index contributed by atoms with van der Waals surface area (Å²) in [5.74, 6) is 1.86. The molecule has 2 saturated heterocycles. The van der Waals surface area contributed by atoms with Crippen LogP contribution in [0.3, 0.4) is 0 Å². The lowest BCUT2D eigenvalue weighted by atomic mass is 10.1. The Hall–Kier alpha value is -3.34. The number of aliphatic hydroxyl groups is 1. The van der Waals surface area contributed by atoms with Gasteiger partial charge in [0.15, 0.2) is 17.3 Å². The highest BCUT2D eigenvalue weighted by Gasteiger charge is 2.25. The van der Waals surface area contributed by atoms with E-state index in [4.69, 9.17) is 18.9 Å². The first-order valence-electron chi connectivity index (χ1n) is 14.4. The van der Waals surface area contributed by atoms with Gasteiger partial charge in [-0.2, -0.15) is 0 Å². The second-order valence-electron chi connectivity index (χ2n) is 10.6. The van der Waals surface area contributed by atoms with Crippen molar-refractivity contribution in [1.29, 1.82) is 0 Å². The Morgan fingerprint density at radius 1 is 0.829 bits per heavy atom. The number of likely N-dealkylation sites (tertiary alicyclic amines) is 1. The summed E-state index contributed by atoms with van der Waals surface area (Å²) < 4.78 is 21.9. The fourth-order valence-electron chi connectivity index (χ4n) is 5.41. The Morgan fingerprint density at radius 2 is 1.51 bits per heavy atom. The minimum Gasteiger partial charge on any atom is -0.493 e. The Kier molecular flexibility index (Phi) is 11.2. The number of aliphatic hydroxyl groups excluding tert-OH is 1. The molecular formula is C31H43N3O7. The minimum absolute atomic E-state index is 0.0419. The number of β-amino-alcohol motifs (C(OH)–C–C–N with tert-alkyl or cyclic N) is 1. The van der Waals surface area contributed by atoms with Crippen molar-refractivity contribution >= 4 is 11.7 Å². The van der Waals surface area contributed by atoms with E-state index in [1.54, 1.807) is 29.2 Å². The fourth-order valence-corrected chi connectivity index (χ4v) is 5.41. The van der Waals surface area contributed by atoms with E-state index >= 15 is 0 Å². The van der Waals surface area contributed by atoms with Crippen molar-refractivity contribution < 1.29 is 33.6 Å².